The highest BCUT2D eigenvalue weighted by Crippen LogP contribution is 2.29. The number of ether oxygens (including phenoxy) is 1. The summed E-state index contributed by atoms with van der Waals surface area (Å²) < 4.78 is 19.3. The van der Waals surface area contributed by atoms with Crippen molar-refractivity contribution in [1.29, 1.82) is 0 Å². The highest BCUT2D eigenvalue weighted by molar-refractivity contribution is 6.11. The van der Waals surface area contributed by atoms with Crippen LogP contribution in [0.1, 0.15) is 15.9 Å². The van der Waals surface area contributed by atoms with Gasteiger partial charge in [0.1, 0.15) is 17.3 Å². The lowest BCUT2D eigenvalue weighted by atomic mass is 10.1. The lowest BCUT2D eigenvalue weighted by molar-refractivity contribution is -0.384. The number of benzene rings is 3. The Hall–Kier alpha value is -4.73. The molecule has 0 heterocycles. The number of rotatable bonds is 8. The molecule has 0 atom stereocenters. The summed E-state index contributed by atoms with van der Waals surface area (Å²) in [5.41, 5.74) is 1.06. The fraction of sp³-hybridized carbons (Fsp3) is 0.120. The molecule has 9 nitrogen and oxygen atoms in total. The molecule has 0 bridgehead atoms. The Bertz CT molecular complexity index is 1290. The highest BCUT2D eigenvalue weighted by atomic mass is 19.1. The first-order valence-electron chi connectivity index (χ1n) is 10.4. The minimum absolute atomic E-state index is 0.0580. The molecule has 0 aliphatic heterocycles. The first-order chi connectivity index (χ1) is 16.7. The first kappa shape index (κ1) is 24.9. The van der Waals surface area contributed by atoms with Crippen molar-refractivity contribution in [3.8, 4) is 5.75 Å². The average Bonchev–Trinajstić information content (AvgIpc) is 2.84. The van der Waals surface area contributed by atoms with E-state index in [9.17, 15) is 24.1 Å². The summed E-state index contributed by atoms with van der Waals surface area (Å²) >= 11 is 0. The summed E-state index contributed by atoms with van der Waals surface area (Å²) in [6.07, 6.45) is 1.44. The number of anilines is 2. The largest absolute Gasteiger partial charge is 0.494 e. The highest BCUT2D eigenvalue weighted by Gasteiger charge is 2.19. The zero-order valence-corrected chi connectivity index (χ0v) is 19.2. The molecule has 0 radical (unpaired) electrons. The Labute approximate surface area is 201 Å². The van der Waals surface area contributed by atoms with Gasteiger partial charge in [0, 0.05) is 25.8 Å². The summed E-state index contributed by atoms with van der Waals surface area (Å²) in [4.78, 5) is 38.2. The van der Waals surface area contributed by atoms with Gasteiger partial charge in [-0.3, -0.25) is 19.7 Å². The summed E-state index contributed by atoms with van der Waals surface area (Å²) in [7, 11) is 5.07. The molecule has 0 aromatic heterocycles. The Morgan fingerprint density at radius 2 is 1.74 bits per heavy atom. The fourth-order valence-electron chi connectivity index (χ4n) is 3.12. The van der Waals surface area contributed by atoms with Gasteiger partial charge in [-0.1, -0.05) is 24.3 Å². The van der Waals surface area contributed by atoms with Crippen molar-refractivity contribution in [1.82, 2.24) is 5.32 Å². The van der Waals surface area contributed by atoms with Crippen molar-refractivity contribution in [3.05, 3.63) is 99.5 Å². The third kappa shape index (κ3) is 6.20. The van der Waals surface area contributed by atoms with Gasteiger partial charge in [0.2, 0.25) is 0 Å². The topological polar surface area (TPSA) is 114 Å². The van der Waals surface area contributed by atoms with Crippen LogP contribution in [0.15, 0.2) is 72.4 Å². The number of nitro benzene ring substituents is 1. The van der Waals surface area contributed by atoms with Gasteiger partial charge >= 0.3 is 0 Å². The van der Waals surface area contributed by atoms with E-state index in [-0.39, 0.29) is 28.4 Å². The number of nitrogens with one attached hydrogen (secondary N) is 2. The second kappa shape index (κ2) is 10.9. The van der Waals surface area contributed by atoms with Crippen molar-refractivity contribution in [2.45, 2.75) is 0 Å². The standard InChI is InChI=1S/C25H23FN4O5/c1-29(2)17-10-8-16(9-11-17)14-22(28-24(31)19-6-4-5-7-20(19)26)25(32)27-21-13-12-18(30(33)34)15-23(21)35-3/h4-15H,1-3H3,(H,27,32)(H,28,31). The molecule has 35 heavy (non-hydrogen) atoms. The quantitative estimate of drug-likeness (QED) is 0.285. The van der Waals surface area contributed by atoms with Crippen LogP contribution in [0.2, 0.25) is 0 Å². The van der Waals surface area contributed by atoms with Crippen LogP contribution in [0, 0.1) is 15.9 Å². The summed E-state index contributed by atoms with van der Waals surface area (Å²) in [5.74, 6) is -2.23. The number of carbonyl (C=O) groups is 2. The van der Waals surface area contributed by atoms with E-state index < -0.39 is 22.6 Å². The summed E-state index contributed by atoms with van der Waals surface area (Å²) in [6.45, 7) is 0. The number of non-ortho nitro benzene ring substituents is 1. The maximum absolute atomic E-state index is 14.1. The number of halogens is 1. The van der Waals surface area contributed by atoms with Crippen LogP contribution >= 0.6 is 0 Å². The Morgan fingerprint density at radius 3 is 2.34 bits per heavy atom. The van der Waals surface area contributed by atoms with E-state index in [2.05, 4.69) is 10.6 Å². The molecule has 10 heteroatoms. The molecule has 2 amide bonds. The minimum Gasteiger partial charge on any atom is -0.494 e. The average molecular weight is 478 g/mol. The molecule has 0 aliphatic carbocycles. The van der Waals surface area contributed by atoms with E-state index >= 15 is 0 Å². The van der Waals surface area contributed by atoms with Crippen LogP contribution in [-0.4, -0.2) is 37.9 Å². The number of hydrogen-bond donors (Lipinski definition) is 2. The summed E-state index contributed by atoms with van der Waals surface area (Å²) in [5, 5.41) is 16.1. The molecule has 0 spiro atoms. The molecule has 3 rings (SSSR count). The van der Waals surface area contributed by atoms with Gasteiger partial charge in [-0.25, -0.2) is 4.39 Å². The minimum atomic E-state index is -0.815. The molecular formula is C25H23FN4O5. The second-order valence-electron chi connectivity index (χ2n) is 7.57. The Kier molecular flexibility index (Phi) is 7.77. The predicted octanol–water partition coefficient (Wildman–Crippen LogP) is 4.22. The van der Waals surface area contributed by atoms with E-state index in [0.29, 0.717) is 5.56 Å². The molecule has 0 unspecified atom stereocenters. The molecule has 2 N–H and O–H groups in total. The number of nitrogens with zero attached hydrogens (tertiary/aromatic N) is 2. The van der Waals surface area contributed by atoms with Crippen molar-refractivity contribution in [2.24, 2.45) is 0 Å². The lowest BCUT2D eigenvalue weighted by Gasteiger charge is -2.14. The SMILES string of the molecule is COc1cc([N+](=O)[O-])ccc1NC(=O)C(=Cc1ccc(N(C)C)cc1)NC(=O)c1ccccc1F. The lowest BCUT2D eigenvalue weighted by Crippen LogP contribution is -2.31. The van der Waals surface area contributed by atoms with Crippen LogP contribution in [0.3, 0.4) is 0 Å². The normalized spacial score (nSPS) is 10.9. The van der Waals surface area contributed by atoms with Crippen LogP contribution in [0.4, 0.5) is 21.5 Å². The molecule has 180 valence electrons. The van der Waals surface area contributed by atoms with Crippen molar-refractivity contribution in [2.75, 3.05) is 31.4 Å². The van der Waals surface area contributed by atoms with Crippen LogP contribution in [-0.2, 0) is 4.79 Å². The molecule has 0 aliphatic rings. The fourth-order valence-corrected chi connectivity index (χ4v) is 3.12. The zero-order valence-electron chi connectivity index (χ0n) is 19.2. The number of hydrogen-bond acceptors (Lipinski definition) is 6. The van der Waals surface area contributed by atoms with E-state index in [4.69, 9.17) is 4.74 Å². The van der Waals surface area contributed by atoms with Gasteiger partial charge in [0.05, 0.1) is 29.4 Å². The third-order valence-corrected chi connectivity index (χ3v) is 4.98. The number of carbonyl (C=O) groups excluding carboxylic acids is 2. The van der Waals surface area contributed by atoms with Crippen molar-refractivity contribution in [3.63, 3.8) is 0 Å². The predicted molar refractivity (Wildman–Crippen MR) is 131 cm³/mol. The molecule has 0 fully saturated rings. The molecule has 3 aromatic rings. The van der Waals surface area contributed by atoms with Crippen LogP contribution in [0.25, 0.3) is 6.08 Å². The number of methoxy groups -OCH3 is 1. The first-order valence-corrected chi connectivity index (χ1v) is 10.4. The van der Waals surface area contributed by atoms with Gasteiger partial charge in [-0.15, -0.1) is 0 Å². The summed E-state index contributed by atoms with van der Waals surface area (Å²) in [6, 6.07) is 16.2. The maximum Gasteiger partial charge on any atom is 0.273 e. The third-order valence-electron chi connectivity index (χ3n) is 4.98. The molecule has 0 saturated carbocycles. The van der Waals surface area contributed by atoms with Crippen molar-refractivity contribution < 1.29 is 23.6 Å². The van der Waals surface area contributed by atoms with E-state index in [1.54, 1.807) is 12.1 Å². The van der Waals surface area contributed by atoms with Crippen molar-refractivity contribution >= 4 is 35.0 Å². The van der Waals surface area contributed by atoms with Gasteiger partial charge in [0.25, 0.3) is 17.5 Å². The van der Waals surface area contributed by atoms with E-state index in [1.807, 2.05) is 31.1 Å². The van der Waals surface area contributed by atoms with Crippen LogP contribution < -0.4 is 20.3 Å². The van der Waals surface area contributed by atoms with Gasteiger partial charge in [-0.05, 0) is 42.0 Å². The van der Waals surface area contributed by atoms with Gasteiger partial charge in [-0.2, -0.15) is 0 Å². The molecular weight excluding hydrogens is 455 g/mol. The monoisotopic (exact) mass is 478 g/mol. The van der Waals surface area contributed by atoms with Gasteiger partial charge < -0.3 is 20.3 Å². The van der Waals surface area contributed by atoms with Gasteiger partial charge in [0.15, 0.2) is 0 Å². The molecule has 3 aromatic carbocycles. The Balaban J connectivity index is 1.95. The number of amides is 2. The zero-order chi connectivity index (χ0) is 25.5. The molecule has 0 saturated heterocycles. The van der Waals surface area contributed by atoms with E-state index in [1.165, 1.54) is 43.5 Å². The van der Waals surface area contributed by atoms with E-state index in [0.717, 1.165) is 17.8 Å². The Morgan fingerprint density at radius 1 is 1.06 bits per heavy atom. The van der Waals surface area contributed by atoms with Crippen LogP contribution in [0.5, 0.6) is 5.75 Å². The maximum atomic E-state index is 14.1. The smallest absolute Gasteiger partial charge is 0.273 e. The second-order valence-corrected chi connectivity index (χ2v) is 7.57. The number of nitro groups is 1.